The van der Waals surface area contributed by atoms with Crippen LogP contribution < -0.4 is 0 Å². The van der Waals surface area contributed by atoms with Gasteiger partial charge in [0.1, 0.15) is 0 Å². The minimum absolute atomic E-state index is 0.0561. The molecule has 2 bridgehead atoms. The molecule has 3 heteroatoms. The van der Waals surface area contributed by atoms with Gasteiger partial charge in [0.15, 0.2) is 6.29 Å². The maximum absolute atomic E-state index is 11.0. The van der Waals surface area contributed by atoms with Crippen LogP contribution in [0.1, 0.15) is 80.6 Å². The lowest BCUT2D eigenvalue weighted by molar-refractivity contribution is -0.266. The minimum Gasteiger partial charge on any atom is -0.390 e. The number of hydrogen-bond donors (Lipinski definition) is 2. The molecule has 4 atom stereocenters. The van der Waals surface area contributed by atoms with Gasteiger partial charge in [-0.1, -0.05) is 46.3 Å². The van der Waals surface area contributed by atoms with E-state index in [4.69, 9.17) is 4.74 Å². The van der Waals surface area contributed by atoms with Crippen LogP contribution in [0.5, 0.6) is 0 Å². The van der Waals surface area contributed by atoms with Crippen molar-refractivity contribution >= 4 is 0 Å². The van der Waals surface area contributed by atoms with Gasteiger partial charge in [-0.3, -0.25) is 0 Å². The highest BCUT2D eigenvalue weighted by atomic mass is 16.6. The van der Waals surface area contributed by atoms with Crippen molar-refractivity contribution in [2.24, 2.45) is 23.2 Å². The molecule has 0 aliphatic heterocycles. The highest BCUT2D eigenvalue weighted by Gasteiger charge is 2.53. The predicted molar refractivity (Wildman–Crippen MR) is 98.6 cm³/mol. The topological polar surface area (TPSA) is 49.7 Å². The van der Waals surface area contributed by atoms with E-state index < -0.39 is 11.9 Å². The summed E-state index contributed by atoms with van der Waals surface area (Å²) in [5.74, 6) is 0.805. The van der Waals surface area contributed by atoms with E-state index >= 15 is 0 Å². The number of hydrogen-bond acceptors (Lipinski definition) is 3. The fraction of sp³-hybridized carbons (Fsp3) is 0.905. The third-order valence-corrected chi connectivity index (χ3v) is 5.74. The molecule has 24 heavy (non-hydrogen) atoms. The first-order valence-corrected chi connectivity index (χ1v) is 9.57. The second-order valence-corrected chi connectivity index (χ2v) is 10.3. The van der Waals surface area contributed by atoms with E-state index in [2.05, 4.69) is 54.5 Å². The highest BCUT2D eigenvalue weighted by Crippen LogP contribution is 2.52. The van der Waals surface area contributed by atoms with Crippen molar-refractivity contribution in [2.75, 3.05) is 0 Å². The molecule has 0 aromatic carbocycles. The first-order chi connectivity index (χ1) is 10.8. The molecular weight excluding hydrogens is 300 g/mol. The van der Waals surface area contributed by atoms with Gasteiger partial charge in [-0.15, -0.1) is 0 Å². The fourth-order valence-electron chi connectivity index (χ4n) is 5.35. The summed E-state index contributed by atoms with van der Waals surface area (Å²) in [5, 5.41) is 22.0. The van der Waals surface area contributed by atoms with Crippen molar-refractivity contribution in [3.05, 3.63) is 11.6 Å². The summed E-state index contributed by atoms with van der Waals surface area (Å²) in [5.41, 5.74) is 0.107. The minimum atomic E-state index is -0.834. The number of aliphatic hydroxyl groups is 2. The first-order valence-electron chi connectivity index (χ1n) is 9.57. The van der Waals surface area contributed by atoms with Crippen molar-refractivity contribution in [3.63, 3.8) is 0 Å². The highest BCUT2D eigenvalue weighted by molar-refractivity contribution is 5.06. The third-order valence-electron chi connectivity index (χ3n) is 5.74. The van der Waals surface area contributed by atoms with Crippen LogP contribution in [0.15, 0.2) is 11.6 Å². The summed E-state index contributed by atoms with van der Waals surface area (Å²) in [6.45, 7) is 15.0. The van der Waals surface area contributed by atoms with Crippen LogP contribution in [0.25, 0.3) is 0 Å². The summed E-state index contributed by atoms with van der Waals surface area (Å²) in [6.07, 6.45) is 5.54. The van der Waals surface area contributed by atoms with Gasteiger partial charge in [0.2, 0.25) is 0 Å². The van der Waals surface area contributed by atoms with E-state index in [1.54, 1.807) is 0 Å². The quantitative estimate of drug-likeness (QED) is 0.578. The molecule has 2 fully saturated rings. The van der Waals surface area contributed by atoms with E-state index in [0.717, 1.165) is 25.7 Å². The standard InChI is InChI=1S/C21H38O3/c1-14(2)8-17(19(5,6)7)18(22)24-21-11-15(3)9-20(23,13-21)10-16(4)12-21/h8,15-18,22-23H,9-13H2,1-7H3/t15?,16?,17?,18-,20?,21?/m1/s1. The van der Waals surface area contributed by atoms with Gasteiger partial charge in [-0.25, -0.2) is 0 Å². The fourth-order valence-corrected chi connectivity index (χ4v) is 5.35. The van der Waals surface area contributed by atoms with Gasteiger partial charge in [0.25, 0.3) is 0 Å². The zero-order chi connectivity index (χ0) is 18.3. The molecule has 3 nitrogen and oxygen atoms in total. The monoisotopic (exact) mass is 338 g/mol. The average molecular weight is 339 g/mol. The number of aliphatic hydroxyl groups excluding tert-OH is 1. The van der Waals surface area contributed by atoms with Crippen molar-refractivity contribution in [1.82, 2.24) is 0 Å². The molecule has 2 rings (SSSR count). The molecular formula is C21H38O3. The van der Waals surface area contributed by atoms with Gasteiger partial charge in [0, 0.05) is 12.3 Å². The van der Waals surface area contributed by atoms with Gasteiger partial charge >= 0.3 is 0 Å². The number of fused-ring (bicyclic) bond motifs is 2. The zero-order valence-corrected chi connectivity index (χ0v) is 16.7. The lowest BCUT2D eigenvalue weighted by Crippen LogP contribution is -2.57. The van der Waals surface area contributed by atoms with E-state index in [1.165, 1.54) is 5.57 Å². The molecule has 2 aliphatic rings. The molecule has 140 valence electrons. The molecule has 0 aromatic rings. The van der Waals surface area contributed by atoms with Crippen LogP contribution in [0.2, 0.25) is 0 Å². The molecule has 0 heterocycles. The van der Waals surface area contributed by atoms with E-state index in [0.29, 0.717) is 18.3 Å². The number of ether oxygens (including phenoxy) is 1. The maximum Gasteiger partial charge on any atom is 0.162 e. The Bertz CT molecular complexity index is 456. The Balaban J connectivity index is 2.24. The summed E-state index contributed by atoms with van der Waals surface area (Å²) < 4.78 is 6.40. The Hall–Kier alpha value is -0.380. The molecule has 0 aromatic heterocycles. The Kier molecular flexibility index (Phi) is 5.60. The van der Waals surface area contributed by atoms with Crippen molar-refractivity contribution in [1.29, 1.82) is 0 Å². The predicted octanol–water partition coefficient (Wildman–Crippen LogP) is 4.67. The van der Waals surface area contributed by atoms with Crippen LogP contribution in [-0.2, 0) is 4.74 Å². The smallest absolute Gasteiger partial charge is 0.162 e. The Labute approximate surface area is 148 Å². The Morgan fingerprint density at radius 2 is 1.58 bits per heavy atom. The van der Waals surface area contributed by atoms with Gasteiger partial charge in [-0.05, 0) is 56.8 Å². The summed E-state index contributed by atoms with van der Waals surface area (Å²) in [4.78, 5) is 0. The summed E-state index contributed by atoms with van der Waals surface area (Å²) in [7, 11) is 0. The normalized spacial score (nSPS) is 39.2. The van der Waals surface area contributed by atoms with Crippen LogP contribution in [-0.4, -0.2) is 27.7 Å². The molecule has 0 radical (unpaired) electrons. The lowest BCUT2D eigenvalue weighted by atomic mass is 9.60. The molecule has 2 saturated carbocycles. The number of rotatable bonds is 4. The van der Waals surface area contributed by atoms with Gasteiger partial charge in [-0.2, -0.15) is 0 Å². The lowest BCUT2D eigenvalue weighted by Gasteiger charge is -2.54. The summed E-state index contributed by atoms with van der Waals surface area (Å²) >= 11 is 0. The van der Waals surface area contributed by atoms with Gasteiger partial charge < -0.3 is 14.9 Å². The summed E-state index contributed by atoms with van der Waals surface area (Å²) in [6, 6.07) is 0. The zero-order valence-electron chi connectivity index (χ0n) is 16.7. The third kappa shape index (κ3) is 4.62. The first kappa shape index (κ1) is 19.9. The van der Waals surface area contributed by atoms with E-state index in [-0.39, 0.29) is 16.9 Å². The average Bonchev–Trinajstić information content (AvgIpc) is 2.29. The van der Waals surface area contributed by atoms with Crippen LogP contribution in [0.4, 0.5) is 0 Å². The second-order valence-electron chi connectivity index (χ2n) is 10.3. The van der Waals surface area contributed by atoms with Crippen molar-refractivity contribution in [2.45, 2.75) is 98.1 Å². The molecule has 0 amide bonds. The largest absolute Gasteiger partial charge is 0.390 e. The van der Waals surface area contributed by atoms with Crippen molar-refractivity contribution in [3.8, 4) is 0 Å². The molecule has 3 unspecified atom stereocenters. The van der Waals surface area contributed by atoms with Crippen LogP contribution >= 0.6 is 0 Å². The van der Waals surface area contributed by atoms with E-state index in [1.807, 2.05) is 0 Å². The SMILES string of the molecule is CC(C)=CC([C@H](O)OC12CC(C)CC(O)(CC(C)C1)C2)C(C)(C)C. The Morgan fingerprint density at radius 3 is 2.00 bits per heavy atom. The number of allylic oxidation sites excluding steroid dienone is 1. The van der Waals surface area contributed by atoms with Crippen LogP contribution in [0, 0.1) is 23.2 Å². The van der Waals surface area contributed by atoms with Crippen molar-refractivity contribution < 1.29 is 14.9 Å². The molecule has 2 N–H and O–H groups in total. The Morgan fingerprint density at radius 1 is 1.08 bits per heavy atom. The van der Waals surface area contributed by atoms with Gasteiger partial charge in [0.05, 0.1) is 11.2 Å². The molecule has 2 aliphatic carbocycles. The molecule has 0 spiro atoms. The maximum atomic E-state index is 11.0. The second kappa shape index (κ2) is 6.74. The van der Waals surface area contributed by atoms with E-state index in [9.17, 15) is 10.2 Å². The molecule has 0 saturated heterocycles. The van der Waals surface area contributed by atoms with Crippen LogP contribution in [0.3, 0.4) is 0 Å².